The van der Waals surface area contributed by atoms with Crippen LogP contribution in [-0.2, 0) is 0 Å². The zero-order valence-corrected chi connectivity index (χ0v) is 11.3. The fourth-order valence-electron chi connectivity index (χ4n) is 1.64. The summed E-state index contributed by atoms with van der Waals surface area (Å²) in [5.74, 6) is 0.0795. The molecule has 0 saturated carbocycles. The minimum absolute atomic E-state index is 0.0795. The van der Waals surface area contributed by atoms with E-state index in [4.69, 9.17) is 5.73 Å². The lowest BCUT2D eigenvalue weighted by Gasteiger charge is -2.07. The Morgan fingerprint density at radius 3 is 2.63 bits per heavy atom. The van der Waals surface area contributed by atoms with E-state index in [0.717, 1.165) is 10.6 Å². The van der Waals surface area contributed by atoms with E-state index in [1.807, 2.05) is 54.6 Å². The quantitative estimate of drug-likeness (QED) is 0.625. The van der Waals surface area contributed by atoms with Gasteiger partial charge in [-0.3, -0.25) is 4.79 Å². The molecule has 0 aliphatic heterocycles. The van der Waals surface area contributed by atoms with Crippen LogP contribution in [0.15, 0.2) is 59.5 Å². The van der Waals surface area contributed by atoms with Crippen LogP contribution in [0.2, 0.25) is 0 Å². The molecule has 0 spiro atoms. The summed E-state index contributed by atoms with van der Waals surface area (Å²) in [4.78, 5) is 12.9. The molecule has 2 rings (SSSR count). The zero-order valence-electron chi connectivity index (χ0n) is 10.5. The van der Waals surface area contributed by atoms with Crippen molar-refractivity contribution in [3.63, 3.8) is 0 Å². The molecule has 0 fully saturated rings. The van der Waals surface area contributed by atoms with Crippen LogP contribution in [0.25, 0.3) is 0 Å². The maximum absolute atomic E-state index is 11.8. The molecule has 19 heavy (non-hydrogen) atoms. The SMILES string of the molecule is NCCC(=O)c1cccc(NSc2ccccc2)c1. The second-order valence-electron chi connectivity index (χ2n) is 4.06. The number of hydrogen-bond acceptors (Lipinski definition) is 4. The van der Waals surface area contributed by atoms with Crippen LogP contribution in [0, 0.1) is 0 Å². The van der Waals surface area contributed by atoms with E-state index in [0.29, 0.717) is 18.5 Å². The lowest BCUT2D eigenvalue weighted by atomic mass is 10.1. The number of Topliss-reactive ketones (excluding diaryl/α,β-unsaturated/α-hetero) is 1. The second-order valence-corrected chi connectivity index (χ2v) is 4.94. The van der Waals surface area contributed by atoms with Crippen LogP contribution >= 0.6 is 11.9 Å². The lowest BCUT2D eigenvalue weighted by Crippen LogP contribution is -2.08. The first-order chi connectivity index (χ1) is 9.29. The number of carbonyl (C=O) groups is 1. The molecule has 0 aromatic heterocycles. The van der Waals surface area contributed by atoms with Crippen LogP contribution in [0.5, 0.6) is 0 Å². The third-order valence-corrected chi connectivity index (χ3v) is 3.43. The molecule has 0 aliphatic rings. The van der Waals surface area contributed by atoms with Crippen molar-refractivity contribution in [1.29, 1.82) is 0 Å². The number of nitrogens with one attached hydrogen (secondary N) is 1. The minimum atomic E-state index is 0.0795. The largest absolute Gasteiger partial charge is 0.330 e. The Labute approximate surface area is 117 Å². The van der Waals surface area contributed by atoms with Gasteiger partial charge in [0.1, 0.15) is 0 Å². The number of rotatable bonds is 6. The van der Waals surface area contributed by atoms with Gasteiger partial charge in [-0.25, -0.2) is 0 Å². The number of ketones is 1. The Morgan fingerprint density at radius 2 is 1.89 bits per heavy atom. The van der Waals surface area contributed by atoms with E-state index in [1.54, 1.807) is 0 Å². The number of nitrogens with two attached hydrogens (primary N) is 1. The van der Waals surface area contributed by atoms with E-state index in [-0.39, 0.29) is 5.78 Å². The average molecular weight is 272 g/mol. The van der Waals surface area contributed by atoms with Crippen LogP contribution in [-0.4, -0.2) is 12.3 Å². The summed E-state index contributed by atoms with van der Waals surface area (Å²) in [5, 5.41) is 0. The molecule has 98 valence electrons. The van der Waals surface area contributed by atoms with E-state index in [9.17, 15) is 4.79 Å². The molecule has 0 bridgehead atoms. The number of carbonyl (C=O) groups excluding carboxylic acids is 1. The second kappa shape index (κ2) is 6.97. The van der Waals surface area contributed by atoms with Gasteiger partial charge < -0.3 is 10.5 Å². The first-order valence-electron chi connectivity index (χ1n) is 6.11. The van der Waals surface area contributed by atoms with E-state index >= 15 is 0 Å². The summed E-state index contributed by atoms with van der Waals surface area (Å²) < 4.78 is 3.23. The van der Waals surface area contributed by atoms with Gasteiger partial charge in [-0.15, -0.1) is 0 Å². The molecule has 0 unspecified atom stereocenters. The summed E-state index contributed by atoms with van der Waals surface area (Å²) in [6, 6.07) is 17.5. The van der Waals surface area contributed by atoms with Gasteiger partial charge in [0.25, 0.3) is 0 Å². The molecular formula is C15H16N2OS. The van der Waals surface area contributed by atoms with Crippen LogP contribution < -0.4 is 10.5 Å². The predicted octanol–water partition coefficient (Wildman–Crippen LogP) is 3.34. The highest BCUT2D eigenvalue weighted by Gasteiger charge is 2.05. The predicted molar refractivity (Wildman–Crippen MR) is 80.4 cm³/mol. The number of hydrogen-bond donors (Lipinski definition) is 2. The summed E-state index contributed by atoms with van der Waals surface area (Å²) in [6.45, 7) is 0.384. The van der Waals surface area contributed by atoms with Crippen molar-refractivity contribution in [2.24, 2.45) is 5.73 Å². The molecule has 2 aromatic rings. The molecule has 3 N–H and O–H groups in total. The van der Waals surface area contributed by atoms with Gasteiger partial charge in [0.2, 0.25) is 0 Å². The summed E-state index contributed by atoms with van der Waals surface area (Å²) >= 11 is 1.52. The molecule has 4 heteroatoms. The third-order valence-electron chi connectivity index (χ3n) is 2.59. The van der Waals surface area contributed by atoms with Crippen LogP contribution in [0.4, 0.5) is 5.69 Å². The van der Waals surface area contributed by atoms with E-state index < -0.39 is 0 Å². The van der Waals surface area contributed by atoms with Crippen molar-refractivity contribution in [3.8, 4) is 0 Å². The van der Waals surface area contributed by atoms with Crippen molar-refractivity contribution >= 4 is 23.4 Å². The normalized spacial score (nSPS) is 10.2. The summed E-state index contributed by atoms with van der Waals surface area (Å²) in [7, 11) is 0. The van der Waals surface area contributed by atoms with Gasteiger partial charge >= 0.3 is 0 Å². The van der Waals surface area contributed by atoms with Gasteiger partial charge in [0.05, 0.1) is 0 Å². The molecule has 3 nitrogen and oxygen atoms in total. The van der Waals surface area contributed by atoms with E-state index in [2.05, 4.69) is 4.72 Å². The van der Waals surface area contributed by atoms with Crippen molar-refractivity contribution in [1.82, 2.24) is 0 Å². The standard InChI is InChI=1S/C15H16N2OS/c16-10-9-15(18)12-5-4-6-13(11-12)17-19-14-7-2-1-3-8-14/h1-8,11,17H,9-10,16H2. The Bertz CT molecular complexity index is 543. The Kier molecular flexibility index (Phi) is 5.01. The number of benzene rings is 2. The highest BCUT2D eigenvalue weighted by Crippen LogP contribution is 2.21. The fraction of sp³-hybridized carbons (Fsp3) is 0.133. The van der Waals surface area contributed by atoms with Gasteiger partial charge in [0.15, 0.2) is 5.78 Å². The molecule has 0 radical (unpaired) electrons. The first-order valence-corrected chi connectivity index (χ1v) is 6.92. The topological polar surface area (TPSA) is 55.1 Å². The number of anilines is 1. The molecule has 0 aliphatic carbocycles. The fourth-order valence-corrected chi connectivity index (χ4v) is 2.29. The molecule has 2 aromatic carbocycles. The van der Waals surface area contributed by atoms with Crippen molar-refractivity contribution in [2.75, 3.05) is 11.3 Å². The third kappa shape index (κ3) is 4.12. The maximum atomic E-state index is 11.8. The molecular weight excluding hydrogens is 256 g/mol. The van der Waals surface area contributed by atoms with Crippen LogP contribution in [0.1, 0.15) is 16.8 Å². The Morgan fingerprint density at radius 1 is 1.11 bits per heavy atom. The van der Waals surface area contributed by atoms with Crippen molar-refractivity contribution in [3.05, 3.63) is 60.2 Å². The highest BCUT2D eigenvalue weighted by molar-refractivity contribution is 8.00. The molecule has 0 amide bonds. The summed E-state index contributed by atoms with van der Waals surface area (Å²) in [6.07, 6.45) is 0.384. The minimum Gasteiger partial charge on any atom is -0.330 e. The maximum Gasteiger partial charge on any atom is 0.164 e. The van der Waals surface area contributed by atoms with Crippen molar-refractivity contribution in [2.45, 2.75) is 11.3 Å². The highest BCUT2D eigenvalue weighted by atomic mass is 32.2. The first kappa shape index (κ1) is 13.6. The van der Waals surface area contributed by atoms with Gasteiger partial charge in [0, 0.05) is 22.6 Å². The van der Waals surface area contributed by atoms with Gasteiger partial charge in [-0.1, -0.05) is 30.3 Å². The van der Waals surface area contributed by atoms with Gasteiger partial charge in [-0.05, 0) is 42.8 Å². The molecule has 0 atom stereocenters. The van der Waals surface area contributed by atoms with E-state index in [1.165, 1.54) is 11.9 Å². The smallest absolute Gasteiger partial charge is 0.164 e. The zero-order chi connectivity index (χ0) is 13.5. The van der Waals surface area contributed by atoms with Crippen LogP contribution in [0.3, 0.4) is 0 Å². The molecule has 0 heterocycles. The lowest BCUT2D eigenvalue weighted by molar-refractivity contribution is 0.0985. The molecule has 0 saturated heterocycles. The Hall–Kier alpha value is -1.78. The average Bonchev–Trinajstić information content (AvgIpc) is 2.47. The monoisotopic (exact) mass is 272 g/mol. The van der Waals surface area contributed by atoms with Gasteiger partial charge in [-0.2, -0.15) is 0 Å². The summed E-state index contributed by atoms with van der Waals surface area (Å²) in [5.41, 5.74) is 7.01. The van der Waals surface area contributed by atoms with Crippen molar-refractivity contribution < 1.29 is 4.79 Å². The Balaban J connectivity index is 2.01.